The largest absolute Gasteiger partial charge is 0.491 e. The Bertz CT molecular complexity index is 1090. The molecule has 0 spiro atoms. The third-order valence-corrected chi connectivity index (χ3v) is 4.54. The standard InChI is InChI=1S/C26H25NO7/c28-16-17-32-22-13-7-8-19(18-22)25(34-26(31)27-20-9-3-1-4-10-20)23(14-15-24(29)30)33-21-11-5-2-6-12-21/h1-15,18,23,25,28H,16-17H2,(H,27,31)(H,29,30)/b15-14+/t23-,25-/m0/s1. The fourth-order valence-electron chi connectivity index (χ4n) is 3.09. The van der Waals surface area contributed by atoms with Crippen molar-refractivity contribution in [3.8, 4) is 11.5 Å². The molecule has 0 unspecified atom stereocenters. The molecule has 0 aliphatic carbocycles. The Balaban J connectivity index is 1.94. The fourth-order valence-corrected chi connectivity index (χ4v) is 3.09. The van der Waals surface area contributed by atoms with E-state index in [1.807, 2.05) is 12.1 Å². The van der Waals surface area contributed by atoms with Crippen LogP contribution in [0, 0.1) is 0 Å². The van der Waals surface area contributed by atoms with Gasteiger partial charge in [0, 0.05) is 17.3 Å². The zero-order valence-corrected chi connectivity index (χ0v) is 18.2. The van der Waals surface area contributed by atoms with Crippen LogP contribution in [0.15, 0.2) is 97.1 Å². The summed E-state index contributed by atoms with van der Waals surface area (Å²) in [5.41, 5.74) is 1.04. The number of carbonyl (C=O) groups excluding carboxylic acids is 1. The van der Waals surface area contributed by atoms with Crippen LogP contribution in [0.4, 0.5) is 10.5 Å². The average Bonchev–Trinajstić information content (AvgIpc) is 2.85. The van der Waals surface area contributed by atoms with E-state index in [-0.39, 0.29) is 13.2 Å². The van der Waals surface area contributed by atoms with Gasteiger partial charge in [-0.3, -0.25) is 5.32 Å². The quantitative estimate of drug-likeness (QED) is 0.360. The molecule has 8 nitrogen and oxygen atoms in total. The van der Waals surface area contributed by atoms with Gasteiger partial charge in [0.05, 0.1) is 6.61 Å². The van der Waals surface area contributed by atoms with Crippen LogP contribution in [0.2, 0.25) is 0 Å². The van der Waals surface area contributed by atoms with Crippen molar-refractivity contribution in [1.82, 2.24) is 0 Å². The van der Waals surface area contributed by atoms with Gasteiger partial charge in [0.2, 0.25) is 0 Å². The molecular weight excluding hydrogens is 438 g/mol. The molecule has 3 aromatic rings. The van der Waals surface area contributed by atoms with Gasteiger partial charge in [0.1, 0.15) is 18.1 Å². The summed E-state index contributed by atoms with van der Waals surface area (Å²) in [5, 5.41) is 20.9. The number of para-hydroxylation sites is 2. The van der Waals surface area contributed by atoms with E-state index in [9.17, 15) is 14.7 Å². The number of carbonyl (C=O) groups is 2. The molecule has 0 aliphatic rings. The number of carboxylic acids is 1. The fraction of sp³-hybridized carbons (Fsp3) is 0.154. The summed E-state index contributed by atoms with van der Waals surface area (Å²) < 4.78 is 17.2. The van der Waals surface area contributed by atoms with E-state index in [2.05, 4.69) is 5.32 Å². The maximum Gasteiger partial charge on any atom is 0.412 e. The molecule has 0 heterocycles. The Morgan fingerprint density at radius 3 is 2.26 bits per heavy atom. The molecule has 0 radical (unpaired) electrons. The van der Waals surface area contributed by atoms with Crippen LogP contribution < -0.4 is 14.8 Å². The topological polar surface area (TPSA) is 114 Å². The first-order chi connectivity index (χ1) is 16.5. The van der Waals surface area contributed by atoms with Crippen LogP contribution >= 0.6 is 0 Å². The third kappa shape index (κ3) is 7.68. The van der Waals surface area contributed by atoms with E-state index < -0.39 is 24.3 Å². The summed E-state index contributed by atoms with van der Waals surface area (Å²) in [4.78, 5) is 24.0. The molecule has 0 bridgehead atoms. The molecule has 0 saturated carbocycles. The number of aliphatic hydroxyl groups excluding tert-OH is 1. The lowest BCUT2D eigenvalue weighted by Crippen LogP contribution is -2.29. The Kier molecular flexibility index (Phi) is 9.07. The summed E-state index contributed by atoms with van der Waals surface area (Å²) >= 11 is 0. The van der Waals surface area contributed by atoms with Crippen LogP contribution in [0.3, 0.4) is 0 Å². The van der Waals surface area contributed by atoms with Crippen LogP contribution in [0.25, 0.3) is 0 Å². The molecule has 3 N–H and O–H groups in total. The van der Waals surface area contributed by atoms with Gasteiger partial charge in [0.25, 0.3) is 0 Å². The number of nitrogens with one attached hydrogen (secondary N) is 1. The lowest BCUT2D eigenvalue weighted by atomic mass is 10.0. The summed E-state index contributed by atoms with van der Waals surface area (Å²) in [6.07, 6.45) is -0.504. The van der Waals surface area contributed by atoms with Crippen molar-refractivity contribution in [2.24, 2.45) is 0 Å². The summed E-state index contributed by atoms with van der Waals surface area (Å²) in [6, 6.07) is 24.3. The molecule has 0 fully saturated rings. The van der Waals surface area contributed by atoms with Crippen molar-refractivity contribution in [3.05, 3.63) is 103 Å². The van der Waals surface area contributed by atoms with E-state index in [0.717, 1.165) is 6.08 Å². The molecule has 34 heavy (non-hydrogen) atoms. The van der Waals surface area contributed by atoms with Gasteiger partial charge in [-0.2, -0.15) is 0 Å². The second kappa shape index (κ2) is 12.7. The normalized spacial score (nSPS) is 12.5. The monoisotopic (exact) mass is 463 g/mol. The molecule has 0 saturated heterocycles. The molecule has 3 rings (SSSR count). The van der Waals surface area contributed by atoms with Gasteiger partial charge in [0.15, 0.2) is 12.2 Å². The van der Waals surface area contributed by atoms with Gasteiger partial charge < -0.3 is 24.4 Å². The first-order valence-corrected chi connectivity index (χ1v) is 10.5. The van der Waals surface area contributed by atoms with Crippen LogP contribution in [0.1, 0.15) is 11.7 Å². The van der Waals surface area contributed by atoms with Crippen molar-refractivity contribution in [2.75, 3.05) is 18.5 Å². The van der Waals surface area contributed by atoms with E-state index in [0.29, 0.717) is 22.7 Å². The predicted molar refractivity (Wildman–Crippen MR) is 126 cm³/mol. The number of hydrogen-bond donors (Lipinski definition) is 3. The van der Waals surface area contributed by atoms with E-state index in [1.54, 1.807) is 72.8 Å². The van der Waals surface area contributed by atoms with Gasteiger partial charge in [-0.1, -0.05) is 48.5 Å². The second-order valence-electron chi connectivity index (χ2n) is 7.05. The molecule has 1 amide bonds. The van der Waals surface area contributed by atoms with Crippen LogP contribution in [-0.2, 0) is 9.53 Å². The highest BCUT2D eigenvalue weighted by molar-refractivity contribution is 5.84. The number of amides is 1. The first kappa shape index (κ1) is 24.3. The third-order valence-electron chi connectivity index (χ3n) is 4.54. The molecule has 0 aliphatic heterocycles. The van der Waals surface area contributed by atoms with Crippen molar-refractivity contribution in [1.29, 1.82) is 0 Å². The molecule has 2 atom stereocenters. The highest BCUT2D eigenvalue weighted by Gasteiger charge is 2.28. The van der Waals surface area contributed by atoms with E-state index in [4.69, 9.17) is 19.3 Å². The highest BCUT2D eigenvalue weighted by Crippen LogP contribution is 2.29. The van der Waals surface area contributed by atoms with Gasteiger partial charge >= 0.3 is 12.1 Å². The lowest BCUT2D eigenvalue weighted by molar-refractivity contribution is -0.131. The maximum atomic E-state index is 12.8. The molecule has 176 valence electrons. The number of carboxylic acid groups (broad SMARTS) is 1. The Labute approximate surface area is 197 Å². The first-order valence-electron chi connectivity index (χ1n) is 10.5. The van der Waals surface area contributed by atoms with Gasteiger partial charge in [-0.05, 0) is 42.5 Å². The number of anilines is 1. The van der Waals surface area contributed by atoms with E-state index >= 15 is 0 Å². The van der Waals surface area contributed by atoms with Crippen LogP contribution in [0.5, 0.6) is 11.5 Å². The zero-order valence-electron chi connectivity index (χ0n) is 18.2. The number of rotatable bonds is 11. The lowest BCUT2D eigenvalue weighted by Gasteiger charge is -2.26. The van der Waals surface area contributed by atoms with Crippen molar-refractivity contribution >= 4 is 17.7 Å². The second-order valence-corrected chi connectivity index (χ2v) is 7.05. The number of aliphatic carboxylic acids is 1. The summed E-state index contributed by atoms with van der Waals surface area (Å²) in [6.45, 7) is -0.0724. The molecule has 3 aromatic carbocycles. The van der Waals surface area contributed by atoms with Crippen molar-refractivity contribution < 1.29 is 34.0 Å². The summed E-state index contributed by atoms with van der Waals surface area (Å²) in [5.74, 6) is -0.259. The van der Waals surface area contributed by atoms with Crippen LogP contribution in [-0.4, -0.2) is 41.6 Å². The molecule has 0 aromatic heterocycles. The Hall–Kier alpha value is -4.30. The summed E-state index contributed by atoms with van der Waals surface area (Å²) in [7, 11) is 0. The maximum absolute atomic E-state index is 12.8. The number of benzene rings is 3. The average molecular weight is 463 g/mol. The zero-order chi connectivity index (χ0) is 24.2. The van der Waals surface area contributed by atoms with Gasteiger partial charge in [-0.15, -0.1) is 0 Å². The minimum absolute atomic E-state index is 0.0896. The Morgan fingerprint density at radius 1 is 0.912 bits per heavy atom. The number of ether oxygens (including phenoxy) is 3. The number of aliphatic hydroxyl groups is 1. The minimum Gasteiger partial charge on any atom is -0.491 e. The molecule has 8 heteroatoms. The van der Waals surface area contributed by atoms with Crippen molar-refractivity contribution in [2.45, 2.75) is 12.2 Å². The van der Waals surface area contributed by atoms with E-state index in [1.165, 1.54) is 6.08 Å². The smallest absolute Gasteiger partial charge is 0.412 e. The number of hydrogen-bond acceptors (Lipinski definition) is 6. The SMILES string of the molecule is O=C(O)/C=C/[C@H](Oc1ccccc1)[C@@H](OC(=O)Nc1ccccc1)c1cccc(OCCO)c1. The predicted octanol–water partition coefficient (Wildman–Crippen LogP) is 4.44. The minimum atomic E-state index is -1.17. The molecular formula is C26H25NO7. The highest BCUT2D eigenvalue weighted by atomic mass is 16.6. The Morgan fingerprint density at radius 2 is 1.59 bits per heavy atom. The van der Waals surface area contributed by atoms with Gasteiger partial charge in [-0.25, -0.2) is 9.59 Å². The van der Waals surface area contributed by atoms with Crippen molar-refractivity contribution in [3.63, 3.8) is 0 Å².